The summed E-state index contributed by atoms with van der Waals surface area (Å²) in [6, 6.07) is 21.9. The van der Waals surface area contributed by atoms with Gasteiger partial charge >= 0.3 is 6.18 Å². The Bertz CT molecular complexity index is 1230. The second-order valence-electron chi connectivity index (χ2n) is 7.86. The van der Waals surface area contributed by atoms with Crippen LogP contribution in [0.2, 0.25) is 5.02 Å². The van der Waals surface area contributed by atoms with Gasteiger partial charge in [-0.2, -0.15) is 13.2 Å². The van der Waals surface area contributed by atoms with Gasteiger partial charge in [0.15, 0.2) is 0 Å². The standard InChI is InChI=1S/C23H20ClN3.C2HF3O/c24-21-12-23-22(26-14-27-23)11-20(21)16-7-5-15(6-8-16)13-25-19-9-17-3-1-2-4-18(17)10-19;3-2(4,5)1-6/h1-8,11-12,14,19,25H,9-10,13H2,(H,26,27);1H. The Morgan fingerprint density at radius 2 is 1.70 bits per heavy atom. The van der Waals surface area contributed by atoms with Crippen LogP contribution in [0.25, 0.3) is 22.2 Å². The number of carbonyl (C=O) groups excluding carboxylic acids is 1. The van der Waals surface area contributed by atoms with Crippen LogP contribution >= 0.6 is 11.6 Å². The van der Waals surface area contributed by atoms with E-state index >= 15 is 0 Å². The number of nitrogens with zero attached hydrogens (tertiary/aromatic N) is 1. The fraction of sp³-hybridized carbons (Fsp3) is 0.200. The number of halogens is 4. The predicted molar refractivity (Wildman–Crippen MR) is 123 cm³/mol. The lowest BCUT2D eigenvalue weighted by atomic mass is 10.0. The molecule has 0 spiro atoms. The molecule has 0 saturated heterocycles. The number of benzene rings is 3. The van der Waals surface area contributed by atoms with Gasteiger partial charge in [0.05, 0.1) is 22.4 Å². The minimum atomic E-state index is -4.64. The molecule has 0 bridgehead atoms. The highest BCUT2D eigenvalue weighted by Gasteiger charge is 2.25. The maximum atomic E-state index is 10.4. The molecule has 0 unspecified atom stereocenters. The zero-order valence-electron chi connectivity index (χ0n) is 17.5. The molecule has 0 atom stereocenters. The summed E-state index contributed by atoms with van der Waals surface area (Å²) in [5.41, 5.74) is 8.26. The average Bonchev–Trinajstić information content (AvgIpc) is 3.43. The van der Waals surface area contributed by atoms with Crippen molar-refractivity contribution < 1.29 is 18.0 Å². The van der Waals surface area contributed by atoms with Crippen LogP contribution in [0.3, 0.4) is 0 Å². The van der Waals surface area contributed by atoms with E-state index in [1.54, 1.807) is 6.33 Å². The Morgan fingerprint density at radius 3 is 2.30 bits per heavy atom. The van der Waals surface area contributed by atoms with Gasteiger partial charge in [-0.1, -0.05) is 60.1 Å². The molecule has 2 N–H and O–H groups in total. The molecular formula is C25H21ClF3N3O. The van der Waals surface area contributed by atoms with Crippen LogP contribution in [0, 0.1) is 0 Å². The van der Waals surface area contributed by atoms with Crippen molar-refractivity contribution in [1.29, 1.82) is 0 Å². The Labute approximate surface area is 193 Å². The summed E-state index contributed by atoms with van der Waals surface area (Å²) in [4.78, 5) is 16.1. The van der Waals surface area contributed by atoms with E-state index in [1.807, 2.05) is 12.1 Å². The molecule has 170 valence electrons. The number of carbonyl (C=O) groups is 1. The third kappa shape index (κ3) is 5.80. The molecule has 0 saturated carbocycles. The second-order valence-corrected chi connectivity index (χ2v) is 8.27. The van der Waals surface area contributed by atoms with Crippen LogP contribution in [-0.4, -0.2) is 28.5 Å². The van der Waals surface area contributed by atoms with E-state index in [-0.39, 0.29) is 0 Å². The smallest absolute Gasteiger partial charge is 0.345 e. The van der Waals surface area contributed by atoms with Gasteiger partial charge in [0.2, 0.25) is 6.29 Å². The average molecular weight is 472 g/mol. The highest BCUT2D eigenvalue weighted by atomic mass is 35.5. The van der Waals surface area contributed by atoms with Crippen molar-refractivity contribution in [2.75, 3.05) is 0 Å². The third-order valence-corrected chi connectivity index (χ3v) is 5.87. The molecule has 5 rings (SSSR count). The quantitative estimate of drug-likeness (QED) is 0.365. The molecule has 3 aromatic carbocycles. The van der Waals surface area contributed by atoms with E-state index in [2.05, 4.69) is 63.8 Å². The Morgan fingerprint density at radius 1 is 1.06 bits per heavy atom. The van der Waals surface area contributed by atoms with Gasteiger partial charge in [-0.3, -0.25) is 4.79 Å². The number of hydrogen-bond donors (Lipinski definition) is 2. The van der Waals surface area contributed by atoms with E-state index < -0.39 is 12.5 Å². The normalized spacial score (nSPS) is 13.5. The first-order chi connectivity index (χ1) is 15.8. The number of imidazole rings is 1. The molecule has 0 aliphatic heterocycles. The minimum absolute atomic E-state index is 0.526. The van der Waals surface area contributed by atoms with E-state index in [0.29, 0.717) is 6.04 Å². The van der Waals surface area contributed by atoms with Crippen LogP contribution in [0.1, 0.15) is 16.7 Å². The zero-order chi connectivity index (χ0) is 23.4. The summed E-state index contributed by atoms with van der Waals surface area (Å²) in [5.74, 6) is 0. The number of rotatable bonds is 4. The Balaban J connectivity index is 0.000000385. The molecule has 1 aliphatic rings. The van der Waals surface area contributed by atoms with E-state index in [4.69, 9.17) is 16.4 Å². The van der Waals surface area contributed by atoms with Gasteiger partial charge < -0.3 is 10.3 Å². The first kappa shape index (κ1) is 23.0. The van der Waals surface area contributed by atoms with Crippen molar-refractivity contribution in [3.63, 3.8) is 0 Å². The number of fused-ring (bicyclic) bond motifs is 2. The van der Waals surface area contributed by atoms with Crippen LogP contribution in [0.5, 0.6) is 0 Å². The van der Waals surface area contributed by atoms with Gasteiger partial charge in [0, 0.05) is 18.2 Å². The van der Waals surface area contributed by atoms with Crippen molar-refractivity contribution >= 4 is 28.9 Å². The van der Waals surface area contributed by atoms with E-state index in [0.717, 1.165) is 46.6 Å². The molecule has 8 heteroatoms. The number of aromatic amines is 1. The summed E-state index contributed by atoms with van der Waals surface area (Å²) in [5, 5.41) is 4.43. The monoisotopic (exact) mass is 471 g/mol. The third-order valence-electron chi connectivity index (χ3n) is 5.55. The Hall–Kier alpha value is -3.16. The summed E-state index contributed by atoms with van der Waals surface area (Å²) in [6.07, 6.45) is -1.77. The largest absolute Gasteiger partial charge is 0.446 e. The van der Waals surface area contributed by atoms with Crippen LogP contribution < -0.4 is 5.32 Å². The van der Waals surface area contributed by atoms with Crippen molar-refractivity contribution in [1.82, 2.24) is 15.3 Å². The van der Waals surface area contributed by atoms with Crippen molar-refractivity contribution in [2.45, 2.75) is 31.6 Å². The summed E-state index contributed by atoms with van der Waals surface area (Å²) >= 11 is 6.47. The highest BCUT2D eigenvalue weighted by molar-refractivity contribution is 6.34. The van der Waals surface area contributed by atoms with Crippen LogP contribution in [-0.2, 0) is 24.2 Å². The molecule has 4 nitrogen and oxygen atoms in total. The van der Waals surface area contributed by atoms with Gasteiger partial charge in [-0.25, -0.2) is 4.98 Å². The molecular weight excluding hydrogens is 451 g/mol. The number of aldehydes is 1. The molecule has 0 amide bonds. The van der Waals surface area contributed by atoms with Crippen molar-refractivity contribution in [3.8, 4) is 11.1 Å². The first-order valence-corrected chi connectivity index (χ1v) is 10.8. The number of hydrogen-bond acceptors (Lipinski definition) is 3. The molecule has 0 fully saturated rings. The number of nitrogens with one attached hydrogen (secondary N) is 2. The molecule has 0 radical (unpaired) electrons. The number of alkyl halides is 3. The topological polar surface area (TPSA) is 57.8 Å². The van der Waals surface area contributed by atoms with Crippen molar-refractivity contribution in [2.24, 2.45) is 0 Å². The van der Waals surface area contributed by atoms with Crippen LogP contribution in [0.4, 0.5) is 13.2 Å². The lowest BCUT2D eigenvalue weighted by Crippen LogP contribution is -2.28. The fourth-order valence-corrected chi connectivity index (χ4v) is 4.22. The number of H-pyrrole nitrogens is 1. The van der Waals surface area contributed by atoms with Crippen molar-refractivity contribution in [3.05, 3.63) is 88.7 Å². The van der Waals surface area contributed by atoms with Gasteiger partial charge in [0.1, 0.15) is 0 Å². The number of aromatic nitrogens is 2. The summed E-state index contributed by atoms with van der Waals surface area (Å²) in [7, 11) is 0. The highest BCUT2D eigenvalue weighted by Crippen LogP contribution is 2.31. The predicted octanol–water partition coefficient (Wildman–Crippen LogP) is 5.89. The van der Waals surface area contributed by atoms with Crippen LogP contribution in [0.15, 0.2) is 67.0 Å². The van der Waals surface area contributed by atoms with Gasteiger partial charge in [-0.05, 0) is 47.2 Å². The fourth-order valence-electron chi connectivity index (χ4n) is 3.94. The maximum Gasteiger partial charge on any atom is 0.446 e. The Kier molecular flexibility index (Phi) is 6.81. The maximum absolute atomic E-state index is 10.4. The second kappa shape index (κ2) is 9.77. The SMILES string of the molecule is Clc1cc2[nH]cnc2cc1-c1ccc(CNC2Cc3ccccc3C2)cc1.O=CC(F)(F)F. The summed E-state index contributed by atoms with van der Waals surface area (Å²) < 4.78 is 31.2. The minimum Gasteiger partial charge on any atom is -0.345 e. The van der Waals surface area contributed by atoms with E-state index in [9.17, 15) is 13.2 Å². The summed E-state index contributed by atoms with van der Waals surface area (Å²) in [6.45, 7) is 0.880. The van der Waals surface area contributed by atoms with E-state index in [1.165, 1.54) is 16.7 Å². The zero-order valence-corrected chi connectivity index (χ0v) is 18.3. The lowest BCUT2D eigenvalue weighted by Gasteiger charge is -2.12. The molecule has 1 heterocycles. The molecule has 1 aliphatic carbocycles. The van der Waals surface area contributed by atoms with Gasteiger partial charge in [0.25, 0.3) is 0 Å². The molecule has 1 aromatic heterocycles. The molecule has 33 heavy (non-hydrogen) atoms. The van der Waals surface area contributed by atoms with Gasteiger partial charge in [-0.15, -0.1) is 0 Å². The lowest BCUT2D eigenvalue weighted by molar-refractivity contribution is -0.156. The molecule has 4 aromatic rings. The first-order valence-electron chi connectivity index (χ1n) is 10.4.